The van der Waals surface area contributed by atoms with Crippen molar-refractivity contribution in [2.75, 3.05) is 44.7 Å². The number of nitrogens with zero attached hydrogens (tertiary/aromatic N) is 2. The summed E-state index contributed by atoms with van der Waals surface area (Å²) >= 11 is 0. The molecule has 7 heteroatoms. The van der Waals surface area contributed by atoms with E-state index in [1.54, 1.807) is 7.11 Å². The molecule has 0 unspecified atom stereocenters. The van der Waals surface area contributed by atoms with E-state index >= 15 is 0 Å². The summed E-state index contributed by atoms with van der Waals surface area (Å²) < 4.78 is 5.42. The number of carbonyl (C=O) groups excluding carboxylic acids is 2. The lowest BCUT2D eigenvalue weighted by molar-refractivity contribution is -0.130. The zero-order valence-corrected chi connectivity index (χ0v) is 16.1. The van der Waals surface area contributed by atoms with E-state index in [-0.39, 0.29) is 24.5 Å². The van der Waals surface area contributed by atoms with Crippen LogP contribution in [-0.2, 0) is 4.79 Å². The van der Waals surface area contributed by atoms with Crippen LogP contribution in [0.5, 0.6) is 5.75 Å². The Morgan fingerprint density at radius 3 is 2.48 bits per heavy atom. The van der Waals surface area contributed by atoms with Crippen LogP contribution in [0.3, 0.4) is 0 Å². The zero-order valence-electron chi connectivity index (χ0n) is 16.1. The van der Waals surface area contributed by atoms with Crippen LogP contribution < -0.4 is 20.3 Å². The van der Waals surface area contributed by atoms with Gasteiger partial charge in [0, 0.05) is 32.2 Å². The molecule has 1 heterocycles. The van der Waals surface area contributed by atoms with Crippen molar-refractivity contribution in [3.8, 4) is 5.75 Å². The third-order valence-corrected chi connectivity index (χ3v) is 5.40. The van der Waals surface area contributed by atoms with Gasteiger partial charge in [0.05, 0.1) is 19.3 Å². The normalized spacial score (nSPS) is 18.1. The van der Waals surface area contributed by atoms with Crippen LogP contribution >= 0.6 is 0 Å². The molecule has 0 bridgehead atoms. The molecule has 1 aliphatic heterocycles. The van der Waals surface area contributed by atoms with Crippen LogP contribution in [0.4, 0.5) is 10.5 Å². The number of para-hydroxylation sites is 2. The van der Waals surface area contributed by atoms with E-state index in [2.05, 4.69) is 15.5 Å². The molecule has 1 aliphatic carbocycles. The van der Waals surface area contributed by atoms with Crippen molar-refractivity contribution in [1.82, 2.24) is 15.5 Å². The van der Waals surface area contributed by atoms with Crippen molar-refractivity contribution in [3.63, 3.8) is 0 Å². The lowest BCUT2D eigenvalue weighted by Gasteiger charge is -2.36. The van der Waals surface area contributed by atoms with Crippen LogP contribution in [0, 0.1) is 0 Å². The molecule has 1 aromatic carbocycles. The van der Waals surface area contributed by atoms with Gasteiger partial charge < -0.3 is 25.2 Å². The second-order valence-corrected chi connectivity index (χ2v) is 7.20. The number of benzene rings is 1. The second-order valence-electron chi connectivity index (χ2n) is 7.20. The Bertz CT molecular complexity index is 638. The summed E-state index contributed by atoms with van der Waals surface area (Å²) in [5, 5.41) is 5.69. The fourth-order valence-corrected chi connectivity index (χ4v) is 3.84. The maximum Gasteiger partial charge on any atom is 0.315 e. The van der Waals surface area contributed by atoms with Crippen LogP contribution in [-0.4, -0.2) is 62.7 Å². The highest BCUT2D eigenvalue weighted by molar-refractivity contribution is 5.84. The van der Waals surface area contributed by atoms with E-state index in [0.29, 0.717) is 13.1 Å². The number of amides is 3. The average molecular weight is 374 g/mol. The van der Waals surface area contributed by atoms with E-state index in [4.69, 9.17) is 4.74 Å². The highest BCUT2D eigenvalue weighted by Gasteiger charge is 2.23. The molecule has 0 atom stereocenters. The molecule has 27 heavy (non-hydrogen) atoms. The number of hydrogen-bond donors (Lipinski definition) is 2. The van der Waals surface area contributed by atoms with Gasteiger partial charge >= 0.3 is 6.03 Å². The molecule has 148 valence electrons. The Balaban J connectivity index is 1.41. The maximum absolute atomic E-state index is 12.4. The Hall–Kier alpha value is -2.44. The van der Waals surface area contributed by atoms with Gasteiger partial charge in [-0.2, -0.15) is 0 Å². The first-order chi connectivity index (χ1) is 13.2. The van der Waals surface area contributed by atoms with Crippen molar-refractivity contribution >= 4 is 17.6 Å². The van der Waals surface area contributed by atoms with Gasteiger partial charge in [-0.25, -0.2) is 4.79 Å². The number of ether oxygens (including phenoxy) is 1. The van der Waals surface area contributed by atoms with Crippen molar-refractivity contribution in [2.24, 2.45) is 0 Å². The van der Waals surface area contributed by atoms with Gasteiger partial charge in [-0.3, -0.25) is 4.79 Å². The first-order valence-electron chi connectivity index (χ1n) is 9.87. The van der Waals surface area contributed by atoms with Gasteiger partial charge in [0.2, 0.25) is 5.91 Å². The van der Waals surface area contributed by atoms with Gasteiger partial charge in [-0.05, 0) is 25.0 Å². The van der Waals surface area contributed by atoms with Crippen LogP contribution in [0.25, 0.3) is 0 Å². The van der Waals surface area contributed by atoms with Crippen LogP contribution in [0.1, 0.15) is 32.1 Å². The second kappa shape index (κ2) is 9.48. The van der Waals surface area contributed by atoms with E-state index in [0.717, 1.165) is 37.4 Å². The van der Waals surface area contributed by atoms with Crippen LogP contribution in [0.2, 0.25) is 0 Å². The number of carbonyl (C=O) groups is 2. The minimum Gasteiger partial charge on any atom is -0.495 e. The minimum absolute atomic E-state index is 0.0338. The SMILES string of the molecule is COc1ccccc1N1CCN(C(=O)CNC(=O)NC2CCCCC2)CC1. The Kier molecular flexibility index (Phi) is 6.79. The van der Waals surface area contributed by atoms with Gasteiger partial charge in [0.25, 0.3) is 0 Å². The predicted molar refractivity (Wildman–Crippen MR) is 105 cm³/mol. The molecule has 1 saturated carbocycles. The van der Waals surface area contributed by atoms with Gasteiger partial charge in [-0.1, -0.05) is 31.4 Å². The quantitative estimate of drug-likeness (QED) is 0.827. The number of rotatable bonds is 5. The summed E-state index contributed by atoms with van der Waals surface area (Å²) in [5.74, 6) is 0.812. The first kappa shape index (κ1) is 19.3. The maximum atomic E-state index is 12.4. The number of nitrogens with one attached hydrogen (secondary N) is 2. The largest absolute Gasteiger partial charge is 0.495 e. The average Bonchev–Trinajstić information content (AvgIpc) is 2.73. The Labute approximate surface area is 161 Å². The van der Waals surface area contributed by atoms with E-state index in [9.17, 15) is 9.59 Å². The number of hydrogen-bond acceptors (Lipinski definition) is 4. The molecule has 1 aromatic rings. The van der Waals surface area contributed by atoms with Gasteiger partial charge in [-0.15, -0.1) is 0 Å². The summed E-state index contributed by atoms with van der Waals surface area (Å²) in [6.07, 6.45) is 5.65. The van der Waals surface area contributed by atoms with E-state index in [1.165, 1.54) is 19.3 Å². The summed E-state index contributed by atoms with van der Waals surface area (Å²) in [4.78, 5) is 28.4. The zero-order chi connectivity index (χ0) is 19.1. The fraction of sp³-hybridized carbons (Fsp3) is 0.600. The number of anilines is 1. The standard InChI is InChI=1S/C20H30N4O3/c1-27-18-10-6-5-9-17(18)23-11-13-24(14-12-23)19(25)15-21-20(26)22-16-7-3-2-4-8-16/h5-6,9-10,16H,2-4,7-8,11-15H2,1H3,(H2,21,22,26). The molecule has 3 rings (SSSR count). The number of piperazine rings is 1. The summed E-state index contributed by atoms with van der Waals surface area (Å²) in [6.45, 7) is 2.83. The van der Waals surface area contributed by atoms with Crippen LogP contribution in [0.15, 0.2) is 24.3 Å². The third kappa shape index (κ3) is 5.28. The van der Waals surface area contributed by atoms with E-state index < -0.39 is 0 Å². The van der Waals surface area contributed by atoms with Gasteiger partial charge in [0.15, 0.2) is 0 Å². The summed E-state index contributed by atoms with van der Waals surface area (Å²) in [5.41, 5.74) is 1.05. The molecule has 7 nitrogen and oxygen atoms in total. The number of urea groups is 1. The lowest BCUT2D eigenvalue weighted by Crippen LogP contribution is -2.52. The topological polar surface area (TPSA) is 73.9 Å². The van der Waals surface area contributed by atoms with E-state index in [1.807, 2.05) is 29.2 Å². The monoisotopic (exact) mass is 374 g/mol. The molecule has 0 spiro atoms. The molecule has 2 fully saturated rings. The van der Waals surface area contributed by atoms with Gasteiger partial charge in [0.1, 0.15) is 5.75 Å². The fourth-order valence-electron chi connectivity index (χ4n) is 3.84. The molecule has 1 saturated heterocycles. The highest BCUT2D eigenvalue weighted by atomic mass is 16.5. The molecular formula is C20H30N4O3. The Morgan fingerprint density at radius 1 is 1.07 bits per heavy atom. The highest BCUT2D eigenvalue weighted by Crippen LogP contribution is 2.28. The minimum atomic E-state index is -0.233. The molecule has 2 aliphatic rings. The Morgan fingerprint density at radius 2 is 1.78 bits per heavy atom. The van der Waals surface area contributed by atoms with Crippen molar-refractivity contribution in [3.05, 3.63) is 24.3 Å². The lowest BCUT2D eigenvalue weighted by atomic mass is 9.96. The molecule has 0 aromatic heterocycles. The molecule has 2 N–H and O–H groups in total. The molecule has 3 amide bonds. The van der Waals surface area contributed by atoms with Crippen molar-refractivity contribution in [2.45, 2.75) is 38.1 Å². The molecular weight excluding hydrogens is 344 g/mol. The smallest absolute Gasteiger partial charge is 0.315 e. The number of methoxy groups -OCH3 is 1. The summed E-state index contributed by atoms with van der Waals surface area (Å²) in [6, 6.07) is 7.94. The van der Waals surface area contributed by atoms with Crippen molar-refractivity contribution < 1.29 is 14.3 Å². The summed E-state index contributed by atoms with van der Waals surface area (Å²) in [7, 11) is 1.67. The molecule has 0 radical (unpaired) electrons. The van der Waals surface area contributed by atoms with Crippen molar-refractivity contribution in [1.29, 1.82) is 0 Å². The predicted octanol–water partition coefficient (Wildman–Crippen LogP) is 1.98. The third-order valence-electron chi connectivity index (χ3n) is 5.40. The first-order valence-corrected chi connectivity index (χ1v) is 9.87.